The third-order valence-corrected chi connectivity index (χ3v) is 7.69. The molecule has 0 aromatic carbocycles. The maximum atomic E-state index is 13.4. The van der Waals surface area contributed by atoms with Gasteiger partial charge in [-0.3, -0.25) is 23.5 Å². The predicted molar refractivity (Wildman–Crippen MR) is 116 cm³/mol. The predicted octanol–water partition coefficient (Wildman–Crippen LogP) is 2.31. The highest BCUT2D eigenvalue weighted by molar-refractivity contribution is 7.18. The normalized spacial score (nSPS) is 19.2. The van der Waals surface area contributed by atoms with Gasteiger partial charge in [0.05, 0.1) is 18.4 Å². The van der Waals surface area contributed by atoms with Crippen molar-refractivity contribution in [1.29, 1.82) is 0 Å². The molecule has 1 aliphatic heterocycles. The molecule has 33 heavy (non-hydrogen) atoms. The number of hydrogen-bond donors (Lipinski definition) is 1. The van der Waals surface area contributed by atoms with Gasteiger partial charge in [-0.2, -0.15) is 13.2 Å². The highest BCUT2D eigenvalue weighted by Crippen LogP contribution is 2.47. The Morgan fingerprint density at radius 1 is 1.15 bits per heavy atom. The fourth-order valence-corrected chi connectivity index (χ4v) is 6.00. The fourth-order valence-electron chi connectivity index (χ4n) is 4.67. The average Bonchev–Trinajstić information content (AvgIpc) is 2.99. The molecule has 4 rings (SSSR count). The summed E-state index contributed by atoms with van der Waals surface area (Å²) >= 11 is 1.03. The lowest BCUT2D eigenvalue weighted by Crippen LogP contribution is -2.51. The first-order valence-corrected chi connectivity index (χ1v) is 11.5. The second-order valence-electron chi connectivity index (χ2n) is 9.51. The summed E-state index contributed by atoms with van der Waals surface area (Å²) in [7, 11) is 0. The van der Waals surface area contributed by atoms with Crippen LogP contribution in [0.1, 0.15) is 49.6 Å². The van der Waals surface area contributed by atoms with E-state index in [1.165, 1.54) is 4.90 Å². The van der Waals surface area contributed by atoms with E-state index in [1.54, 1.807) is 6.92 Å². The SMILES string of the molecule is Cc1c(CN2CCNC(=O)C2=O)sc2c1c(=O)n(C1CC(C)(C)C1)c(=O)n2CCC(F)(F)F. The van der Waals surface area contributed by atoms with Gasteiger partial charge in [0.15, 0.2) is 0 Å². The van der Waals surface area contributed by atoms with Gasteiger partial charge in [0.1, 0.15) is 4.83 Å². The summed E-state index contributed by atoms with van der Waals surface area (Å²) in [6.07, 6.45) is -4.50. The van der Waals surface area contributed by atoms with Gasteiger partial charge in [0.2, 0.25) is 0 Å². The lowest BCUT2D eigenvalue weighted by molar-refractivity contribution is -0.148. The number of alkyl halides is 3. The molecule has 12 heteroatoms. The van der Waals surface area contributed by atoms with Gasteiger partial charge in [-0.15, -0.1) is 11.3 Å². The number of amides is 2. The number of piperazine rings is 1. The van der Waals surface area contributed by atoms with Crippen LogP contribution in [0.2, 0.25) is 0 Å². The minimum absolute atomic E-state index is 0.0425. The number of aryl methyl sites for hydroxylation is 2. The Morgan fingerprint density at radius 2 is 1.82 bits per heavy atom. The number of carbonyl (C=O) groups excluding carboxylic acids is 2. The number of thiophene rings is 1. The summed E-state index contributed by atoms with van der Waals surface area (Å²) in [5.74, 6) is -1.43. The summed E-state index contributed by atoms with van der Waals surface area (Å²) in [6.45, 7) is 5.69. The van der Waals surface area contributed by atoms with Gasteiger partial charge < -0.3 is 10.2 Å². The maximum absolute atomic E-state index is 13.4. The van der Waals surface area contributed by atoms with E-state index in [-0.39, 0.29) is 41.3 Å². The number of halogens is 3. The summed E-state index contributed by atoms with van der Waals surface area (Å²) in [5, 5.41) is 2.66. The molecule has 2 aromatic rings. The van der Waals surface area contributed by atoms with E-state index in [9.17, 15) is 32.3 Å². The van der Waals surface area contributed by atoms with Gasteiger partial charge >= 0.3 is 23.7 Å². The van der Waals surface area contributed by atoms with Crippen LogP contribution in [0.15, 0.2) is 9.59 Å². The van der Waals surface area contributed by atoms with Crippen molar-refractivity contribution >= 4 is 33.4 Å². The monoisotopic (exact) mass is 486 g/mol. The Morgan fingerprint density at radius 3 is 2.42 bits per heavy atom. The molecule has 2 fully saturated rings. The van der Waals surface area contributed by atoms with Crippen LogP contribution in [0, 0.1) is 12.3 Å². The first kappa shape index (κ1) is 23.5. The third-order valence-electron chi connectivity index (χ3n) is 6.39. The van der Waals surface area contributed by atoms with Crippen molar-refractivity contribution in [2.24, 2.45) is 5.41 Å². The molecular formula is C21H25F3N4O4S. The van der Waals surface area contributed by atoms with Gasteiger partial charge in [0.25, 0.3) is 5.56 Å². The Balaban J connectivity index is 1.83. The third kappa shape index (κ3) is 4.32. The van der Waals surface area contributed by atoms with Crippen LogP contribution in [-0.2, 0) is 22.7 Å². The van der Waals surface area contributed by atoms with E-state index in [4.69, 9.17) is 0 Å². The Labute approximate surface area is 191 Å². The molecule has 1 aliphatic carbocycles. The first-order chi connectivity index (χ1) is 15.3. The molecule has 180 valence electrons. The van der Waals surface area contributed by atoms with Crippen molar-refractivity contribution in [2.45, 2.75) is 65.3 Å². The number of aromatic nitrogens is 2. The van der Waals surface area contributed by atoms with Crippen LogP contribution >= 0.6 is 11.3 Å². The zero-order valence-electron chi connectivity index (χ0n) is 18.5. The molecule has 1 saturated carbocycles. The van der Waals surface area contributed by atoms with Gasteiger partial charge in [0, 0.05) is 30.6 Å². The molecule has 1 saturated heterocycles. The van der Waals surface area contributed by atoms with Crippen LogP contribution in [0.5, 0.6) is 0 Å². The molecule has 0 radical (unpaired) electrons. The van der Waals surface area contributed by atoms with Crippen molar-refractivity contribution in [3.63, 3.8) is 0 Å². The molecule has 2 aliphatic rings. The molecule has 0 atom stereocenters. The lowest BCUT2D eigenvalue weighted by Gasteiger charge is -2.43. The molecule has 0 bridgehead atoms. The van der Waals surface area contributed by atoms with Crippen LogP contribution in [0.3, 0.4) is 0 Å². The molecule has 0 unspecified atom stereocenters. The number of nitrogens with zero attached hydrogens (tertiary/aromatic N) is 3. The van der Waals surface area contributed by atoms with Gasteiger partial charge in [-0.25, -0.2) is 4.79 Å². The quantitative estimate of drug-likeness (QED) is 0.657. The van der Waals surface area contributed by atoms with Crippen molar-refractivity contribution in [1.82, 2.24) is 19.4 Å². The molecule has 2 amide bonds. The number of fused-ring (bicyclic) bond motifs is 1. The number of hydrogen-bond acceptors (Lipinski definition) is 5. The molecule has 0 spiro atoms. The minimum atomic E-state index is -4.46. The topological polar surface area (TPSA) is 93.4 Å². The summed E-state index contributed by atoms with van der Waals surface area (Å²) in [6, 6.07) is -0.364. The number of carbonyl (C=O) groups is 2. The first-order valence-electron chi connectivity index (χ1n) is 10.7. The molecule has 3 heterocycles. The Bertz CT molecular complexity index is 1250. The maximum Gasteiger partial charge on any atom is 0.390 e. The number of rotatable bonds is 5. The van der Waals surface area contributed by atoms with E-state index >= 15 is 0 Å². The van der Waals surface area contributed by atoms with Crippen LogP contribution in [0.25, 0.3) is 10.2 Å². The van der Waals surface area contributed by atoms with E-state index in [1.807, 2.05) is 13.8 Å². The summed E-state index contributed by atoms with van der Waals surface area (Å²) in [5.41, 5.74) is -0.779. The summed E-state index contributed by atoms with van der Waals surface area (Å²) in [4.78, 5) is 52.5. The number of nitrogens with one attached hydrogen (secondary N) is 1. The molecule has 2 aromatic heterocycles. The Kier molecular flexibility index (Phi) is 5.70. The second kappa shape index (κ2) is 8.00. The van der Waals surface area contributed by atoms with Crippen molar-refractivity contribution in [2.75, 3.05) is 13.1 Å². The largest absolute Gasteiger partial charge is 0.390 e. The van der Waals surface area contributed by atoms with E-state index in [0.29, 0.717) is 23.3 Å². The highest BCUT2D eigenvalue weighted by atomic mass is 32.1. The van der Waals surface area contributed by atoms with Gasteiger partial charge in [-0.05, 0) is 30.7 Å². The lowest BCUT2D eigenvalue weighted by atomic mass is 9.68. The molecular weight excluding hydrogens is 461 g/mol. The van der Waals surface area contributed by atoms with Crippen LogP contribution in [0.4, 0.5) is 13.2 Å². The zero-order chi connectivity index (χ0) is 24.3. The van der Waals surface area contributed by atoms with E-state index < -0.39 is 42.2 Å². The van der Waals surface area contributed by atoms with Crippen molar-refractivity contribution in [3.05, 3.63) is 31.3 Å². The van der Waals surface area contributed by atoms with Crippen LogP contribution in [-0.4, -0.2) is 45.1 Å². The van der Waals surface area contributed by atoms with Gasteiger partial charge in [-0.1, -0.05) is 13.8 Å². The zero-order valence-corrected chi connectivity index (χ0v) is 19.4. The average molecular weight is 487 g/mol. The Hall–Kier alpha value is -2.63. The second-order valence-corrected chi connectivity index (χ2v) is 10.6. The minimum Gasteiger partial charge on any atom is -0.346 e. The van der Waals surface area contributed by atoms with E-state index in [2.05, 4.69) is 5.32 Å². The fraction of sp³-hybridized carbons (Fsp3) is 0.619. The highest BCUT2D eigenvalue weighted by Gasteiger charge is 2.40. The van der Waals surface area contributed by atoms with Crippen LogP contribution < -0.4 is 16.6 Å². The smallest absolute Gasteiger partial charge is 0.346 e. The van der Waals surface area contributed by atoms with Crippen molar-refractivity contribution < 1.29 is 22.8 Å². The van der Waals surface area contributed by atoms with E-state index in [0.717, 1.165) is 20.5 Å². The molecule has 8 nitrogen and oxygen atoms in total. The molecule has 1 N–H and O–H groups in total. The van der Waals surface area contributed by atoms with Crippen molar-refractivity contribution in [3.8, 4) is 0 Å². The summed E-state index contributed by atoms with van der Waals surface area (Å²) < 4.78 is 41.2. The standard InChI is InChI=1S/C21H25F3N4O4S/c1-11-13(10-26-7-5-25-15(29)17(26)31)33-18-14(11)16(30)28(12-8-20(2,3)9-12)19(32)27(18)6-4-21(22,23)24/h12H,4-10H2,1-3H3,(H,25,29).